The van der Waals surface area contributed by atoms with Crippen molar-refractivity contribution in [2.75, 3.05) is 19.0 Å². The molecule has 3 rings (SSSR count). The van der Waals surface area contributed by atoms with Gasteiger partial charge in [0, 0.05) is 4.88 Å². The molecule has 1 aromatic heterocycles. The van der Waals surface area contributed by atoms with Gasteiger partial charge in [0.25, 0.3) is 5.91 Å². The molecule has 2 aliphatic rings. The van der Waals surface area contributed by atoms with Gasteiger partial charge in [-0.1, -0.05) is 0 Å². The third kappa shape index (κ3) is 2.99. The van der Waals surface area contributed by atoms with E-state index in [0.717, 1.165) is 42.5 Å². The SMILES string of the molecule is COC(=O)c1c(NC(=O)COC(=O)C2CC2)sc2c1CCC2. The van der Waals surface area contributed by atoms with E-state index < -0.39 is 11.9 Å². The van der Waals surface area contributed by atoms with Gasteiger partial charge in [0.1, 0.15) is 5.00 Å². The van der Waals surface area contributed by atoms with E-state index >= 15 is 0 Å². The fraction of sp³-hybridized carbons (Fsp3) is 0.533. The molecule has 0 atom stereocenters. The standard InChI is InChI=1S/C15H17NO5S/c1-20-15(19)12-9-3-2-4-10(9)22-13(12)16-11(17)7-21-14(18)8-5-6-8/h8H,2-7H2,1H3,(H,16,17). The Labute approximate surface area is 131 Å². The second-order valence-corrected chi connectivity index (χ2v) is 6.59. The van der Waals surface area contributed by atoms with Crippen LogP contribution in [0.5, 0.6) is 0 Å². The average molecular weight is 323 g/mol. The molecule has 22 heavy (non-hydrogen) atoms. The highest BCUT2D eigenvalue weighted by molar-refractivity contribution is 7.17. The molecule has 0 unspecified atom stereocenters. The van der Waals surface area contributed by atoms with Gasteiger partial charge >= 0.3 is 11.9 Å². The van der Waals surface area contributed by atoms with Gasteiger partial charge in [-0.05, 0) is 37.7 Å². The molecule has 1 aromatic rings. The Hall–Kier alpha value is -1.89. The van der Waals surface area contributed by atoms with Crippen LogP contribution in [0.2, 0.25) is 0 Å². The van der Waals surface area contributed by atoms with Crippen LogP contribution in [-0.2, 0) is 31.9 Å². The third-order valence-electron chi connectivity index (χ3n) is 3.82. The van der Waals surface area contributed by atoms with Crippen LogP contribution in [0.3, 0.4) is 0 Å². The monoisotopic (exact) mass is 323 g/mol. The molecule has 1 amide bonds. The summed E-state index contributed by atoms with van der Waals surface area (Å²) in [6.07, 6.45) is 4.42. The number of amides is 1. The fourth-order valence-corrected chi connectivity index (χ4v) is 3.84. The first-order chi connectivity index (χ1) is 10.6. The fourth-order valence-electron chi connectivity index (χ4n) is 2.55. The number of ether oxygens (including phenoxy) is 2. The van der Waals surface area contributed by atoms with E-state index in [-0.39, 0.29) is 18.5 Å². The Morgan fingerprint density at radius 2 is 2.05 bits per heavy atom. The second-order valence-electron chi connectivity index (χ2n) is 5.48. The molecule has 0 spiro atoms. The maximum absolute atomic E-state index is 11.9. The number of carbonyl (C=O) groups excluding carboxylic acids is 3. The van der Waals surface area contributed by atoms with E-state index in [1.165, 1.54) is 18.4 Å². The van der Waals surface area contributed by atoms with Crippen molar-refractivity contribution < 1.29 is 23.9 Å². The third-order valence-corrected chi connectivity index (χ3v) is 5.03. The van der Waals surface area contributed by atoms with Gasteiger partial charge in [0.05, 0.1) is 18.6 Å². The molecule has 1 fully saturated rings. The molecule has 7 heteroatoms. The lowest BCUT2D eigenvalue weighted by Gasteiger charge is -2.07. The van der Waals surface area contributed by atoms with Gasteiger partial charge in [0.15, 0.2) is 6.61 Å². The Balaban J connectivity index is 1.67. The maximum atomic E-state index is 11.9. The van der Waals surface area contributed by atoms with Gasteiger partial charge in [0.2, 0.25) is 0 Å². The maximum Gasteiger partial charge on any atom is 0.341 e. The molecule has 118 valence electrons. The Bertz CT molecular complexity index is 632. The van der Waals surface area contributed by atoms with Gasteiger partial charge in [-0.3, -0.25) is 9.59 Å². The first kappa shape index (κ1) is 15.0. The number of hydrogen-bond acceptors (Lipinski definition) is 6. The zero-order valence-corrected chi connectivity index (χ0v) is 13.1. The van der Waals surface area contributed by atoms with Crippen LogP contribution in [0.1, 0.15) is 40.1 Å². The highest BCUT2D eigenvalue weighted by Crippen LogP contribution is 2.39. The topological polar surface area (TPSA) is 81.7 Å². The number of nitrogens with one attached hydrogen (secondary N) is 1. The molecular formula is C15H17NO5S. The van der Waals surface area contributed by atoms with Crippen molar-refractivity contribution in [2.45, 2.75) is 32.1 Å². The largest absolute Gasteiger partial charge is 0.465 e. The van der Waals surface area contributed by atoms with Crippen LogP contribution in [0, 0.1) is 5.92 Å². The summed E-state index contributed by atoms with van der Waals surface area (Å²) in [5, 5.41) is 3.16. The second kappa shape index (κ2) is 6.08. The number of thiophene rings is 1. The van der Waals surface area contributed by atoms with E-state index in [1.54, 1.807) is 0 Å². The van der Waals surface area contributed by atoms with Crippen LogP contribution in [0.4, 0.5) is 5.00 Å². The molecule has 0 aliphatic heterocycles. The molecule has 1 N–H and O–H groups in total. The van der Waals surface area contributed by atoms with Gasteiger partial charge in [-0.2, -0.15) is 0 Å². The Kier molecular flexibility index (Phi) is 4.15. The molecule has 0 bridgehead atoms. The Morgan fingerprint density at radius 3 is 2.73 bits per heavy atom. The van der Waals surface area contributed by atoms with Crippen LogP contribution in [-0.4, -0.2) is 31.6 Å². The predicted octanol–water partition coefficient (Wildman–Crippen LogP) is 1.92. The predicted molar refractivity (Wildman–Crippen MR) is 80.0 cm³/mol. The quantitative estimate of drug-likeness (QED) is 0.837. The molecule has 0 radical (unpaired) electrons. The van der Waals surface area contributed by atoms with Crippen molar-refractivity contribution >= 4 is 34.2 Å². The summed E-state index contributed by atoms with van der Waals surface area (Å²) in [4.78, 5) is 36.4. The molecule has 0 aromatic carbocycles. The minimum Gasteiger partial charge on any atom is -0.465 e. The summed E-state index contributed by atoms with van der Waals surface area (Å²) in [5.41, 5.74) is 1.42. The van der Waals surface area contributed by atoms with Crippen molar-refractivity contribution in [3.63, 3.8) is 0 Å². The van der Waals surface area contributed by atoms with Crippen LogP contribution in [0.25, 0.3) is 0 Å². The van der Waals surface area contributed by atoms with Crippen molar-refractivity contribution in [3.8, 4) is 0 Å². The summed E-state index contributed by atoms with van der Waals surface area (Å²) in [6, 6.07) is 0. The van der Waals surface area contributed by atoms with Crippen LogP contribution < -0.4 is 5.32 Å². The molecule has 0 saturated heterocycles. The molecular weight excluding hydrogens is 306 g/mol. The van der Waals surface area contributed by atoms with Crippen molar-refractivity contribution in [1.82, 2.24) is 0 Å². The number of anilines is 1. The first-order valence-corrected chi connectivity index (χ1v) is 8.11. The van der Waals surface area contributed by atoms with Gasteiger partial charge in [-0.15, -0.1) is 11.3 Å². The zero-order chi connectivity index (χ0) is 15.7. The summed E-state index contributed by atoms with van der Waals surface area (Å²) in [5.74, 6) is -1.23. The Morgan fingerprint density at radius 1 is 1.27 bits per heavy atom. The first-order valence-electron chi connectivity index (χ1n) is 7.29. The van der Waals surface area contributed by atoms with Gasteiger partial charge in [-0.25, -0.2) is 4.79 Å². The number of aryl methyl sites for hydroxylation is 1. The number of hydrogen-bond donors (Lipinski definition) is 1. The normalized spacial score (nSPS) is 16.0. The van der Waals surface area contributed by atoms with E-state index in [1.807, 2.05) is 0 Å². The number of rotatable bonds is 5. The summed E-state index contributed by atoms with van der Waals surface area (Å²) in [6.45, 7) is -0.321. The average Bonchev–Trinajstić information content (AvgIpc) is 3.17. The highest BCUT2D eigenvalue weighted by atomic mass is 32.1. The number of esters is 2. The van der Waals surface area contributed by atoms with Gasteiger partial charge < -0.3 is 14.8 Å². The van der Waals surface area contributed by atoms with Crippen molar-refractivity contribution in [2.24, 2.45) is 5.92 Å². The lowest BCUT2D eigenvalue weighted by atomic mass is 10.1. The smallest absolute Gasteiger partial charge is 0.341 e. The zero-order valence-electron chi connectivity index (χ0n) is 12.3. The number of carbonyl (C=O) groups is 3. The van der Waals surface area contributed by atoms with Crippen LogP contribution >= 0.6 is 11.3 Å². The minimum absolute atomic E-state index is 0.0380. The van der Waals surface area contributed by atoms with E-state index in [9.17, 15) is 14.4 Å². The molecule has 2 aliphatic carbocycles. The lowest BCUT2D eigenvalue weighted by molar-refractivity contribution is -0.148. The number of methoxy groups -OCH3 is 1. The molecule has 6 nitrogen and oxygen atoms in total. The summed E-state index contributed by atoms with van der Waals surface area (Å²) >= 11 is 1.40. The minimum atomic E-state index is -0.440. The van der Waals surface area contributed by atoms with E-state index in [2.05, 4.69) is 5.32 Å². The van der Waals surface area contributed by atoms with Crippen molar-refractivity contribution in [1.29, 1.82) is 0 Å². The van der Waals surface area contributed by atoms with Crippen molar-refractivity contribution in [3.05, 3.63) is 16.0 Å². The summed E-state index contributed by atoms with van der Waals surface area (Å²) < 4.78 is 9.75. The lowest BCUT2D eigenvalue weighted by Crippen LogP contribution is -2.22. The molecule has 1 saturated carbocycles. The van der Waals surface area contributed by atoms with E-state index in [4.69, 9.17) is 9.47 Å². The summed E-state index contributed by atoms with van der Waals surface area (Å²) in [7, 11) is 1.32. The number of fused-ring (bicyclic) bond motifs is 1. The molecule has 1 heterocycles. The highest BCUT2D eigenvalue weighted by Gasteiger charge is 2.32. The van der Waals surface area contributed by atoms with Crippen LogP contribution in [0.15, 0.2) is 0 Å². The van der Waals surface area contributed by atoms with E-state index in [0.29, 0.717) is 10.6 Å².